The third-order valence-corrected chi connectivity index (χ3v) is 9.37. The Balaban J connectivity index is 1.70. The molecular formula is C48H40N4O8. The predicted octanol–water partition coefficient (Wildman–Crippen LogP) is 7.85. The summed E-state index contributed by atoms with van der Waals surface area (Å²) in [5, 5.41) is 0.568. The number of nitrogens with zero attached hydrogens (tertiary/aromatic N) is 4. The number of rotatable bonds is 8. The standard InChI is InChI=1S/C48H40N4O8/c1-5-57-45(53)33-25-42-34(46(54)58-6-2)26-41(33)49-37-21-13-9-17-29(37)30-18-11-15-23-39(30)51-43-27-36(48(56)60-8-4)44(28-35(43)47(55)59-7-3)52-40-24-16-12-20-32(40)31-19-10-14-22-38(31)50-42/h9-28H,5-8H2,1-4H3. The van der Waals surface area contributed by atoms with Crippen molar-refractivity contribution in [2.45, 2.75) is 27.7 Å². The highest BCUT2D eigenvalue weighted by molar-refractivity contribution is 5.95. The van der Waals surface area contributed by atoms with Crippen LogP contribution in [0.15, 0.2) is 141 Å². The average Bonchev–Trinajstić information content (AvgIpc) is 3.25. The Morgan fingerprint density at radius 2 is 0.550 bits per heavy atom. The Morgan fingerprint density at radius 3 is 0.750 bits per heavy atom. The zero-order valence-electron chi connectivity index (χ0n) is 33.4. The Bertz CT molecular complexity index is 2530. The minimum Gasteiger partial charge on any atom is -0.462 e. The van der Waals surface area contributed by atoms with Gasteiger partial charge in [-0.25, -0.2) is 39.1 Å². The van der Waals surface area contributed by atoms with Gasteiger partial charge in [-0.1, -0.05) is 72.8 Å². The van der Waals surface area contributed by atoms with E-state index in [0.29, 0.717) is 45.0 Å². The molecule has 4 bridgehead atoms. The lowest BCUT2D eigenvalue weighted by molar-refractivity contribution is 0.0508. The molecular weight excluding hydrogens is 761 g/mol. The summed E-state index contributed by atoms with van der Waals surface area (Å²) in [5.74, 6) is -2.66. The van der Waals surface area contributed by atoms with Crippen molar-refractivity contribution in [1.29, 1.82) is 0 Å². The van der Waals surface area contributed by atoms with E-state index in [1.807, 2.05) is 48.5 Å². The fraction of sp³-hybridized carbons (Fsp3) is 0.167. The first-order valence-corrected chi connectivity index (χ1v) is 19.5. The number of benzene rings is 6. The molecule has 0 saturated heterocycles. The summed E-state index contributed by atoms with van der Waals surface area (Å²) in [4.78, 5) is 74.9. The van der Waals surface area contributed by atoms with Crippen molar-refractivity contribution in [3.05, 3.63) is 165 Å². The van der Waals surface area contributed by atoms with Crippen LogP contribution in [0.1, 0.15) is 69.1 Å². The van der Waals surface area contributed by atoms with Gasteiger partial charge in [0.1, 0.15) is 0 Å². The average molecular weight is 801 g/mol. The van der Waals surface area contributed by atoms with Crippen LogP contribution in [0.2, 0.25) is 0 Å². The third kappa shape index (κ3) is 8.48. The minimum atomic E-state index is -0.664. The fourth-order valence-electron chi connectivity index (χ4n) is 6.73. The molecule has 4 aliphatic rings. The molecule has 6 aromatic rings. The van der Waals surface area contributed by atoms with Gasteiger partial charge in [-0.15, -0.1) is 0 Å². The summed E-state index contributed by atoms with van der Waals surface area (Å²) in [6.07, 6.45) is 0. The summed E-state index contributed by atoms with van der Waals surface area (Å²) in [5.41, 5.74) is 4.41. The summed E-state index contributed by atoms with van der Waals surface area (Å²) < 4.78 is 22.0. The van der Waals surface area contributed by atoms with Crippen LogP contribution in [0.3, 0.4) is 0 Å². The summed E-state index contributed by atoms with van der Waals surface area (Å²) in [7, 11) is 0. The number of carbonyl (C=O) groups excluding carboxylic acids is 4. The van der Waals surface area contributed by atoms with E-state index in [-0.39, 0.29) is 70.1 Å². The highest BCUT2D eigenvalue weighted by Gasteiger charge is 2.22. The fourth-order valence-corrected chi connectivity index (χ4v) is 6.73. The van der Waals surface area contributed by atoms with Crippen LogP contribution in [-0.2, 0) is 18.9 Å². The smallest absolute Gasteiger partial charge is 0.340 e. The highest BCUT2D eigenvalue weighted by Crippen LogP contribution is 2.38. The van der Waals surface area contributed by atoms with Gasteiger partial charge in [0, 0.05) is 22.3 Å². The molecule has 10 rings (SSSR count). The first-order chi connectivity index (χ1) is 29.2. The molecule has 12 nitrogen and oxygen atoms in total. The molecule has 0 aromatic heterocycles. The maximum atomic E-state index is 13.7. The quantitative estimate of drug-likeness (QED) is 0.111. The first kappa shape index (κ1) is 40.6. The van der Waals surface area contributed by atoms with E-state index in [1.54, 1.807) is 76.2 Å². The number of para-hydroxylation sites is 4. The molecule has 0 amide bonds. The molecule has 4 aliphatic heterocycles. The second-order valence-electron chi connectivity index (χ2n) is 13.2. The van der Waals surface area contributed by atoms with Gasteiger partial charge in [0.2, 0.25) is 0 Å². The lowest BCUT2D eigenvalue weighted by atomic mass is 10.0. The van der Waals surface area contributed by atoms with Crippen LogP contribution in [0.5, 0.6) is 0 Å². The molecule has 0 fully saturated rings. The van der Waals surface area contributed by atoms with E-state index in [9.17, 15) is 19.2 Å². The van der Waals surface area contributed by atoms with Crippen LogP contribution < -0.4 is 21.4 Å². The Labute approximate surface area is 345 Å². The van der Waals surface area contributed by atoms with E-state index in [1.165, 1.54) is 24.3 Å². The van der Waals surface area contributed by atoms with Crippen molar-refractivity contribution in [2.24, 2.45) is 20.0 Å². The first-order valence-electron chi connectivity index (χ1n) is 19.5. The van der Waals surface area contributed by atoms with E-state index in [4.69, 9.17) is 38.9 Å². The topological polar surface area (TPSA) is 155 Å². The van der Waals surface area contributed by atoms with Gasteiger partial charge in [0.25, 0.3) is 0 Å². The lowest BCUT2D eigenvalue weighted by Gasteiger charge is -2.13. The number of hydrogen-bond acceptors (Lipinski definition) is 12. The summed E-state index contributed by atoms with van der Waals surface area (Å²) in [6.45, 7) is 7.16. The Kier molecular flexibility index (Phi) is 12.4. The molecule has 60 heavy (non-hydrogen) atoms. The van der Waals surface area contributed by atoms with Gasteiger partial charge in [-0.2, -0.15) is 0 Å². The van der Waals surface area contributed by atoms with Crippen molar-refractivity contribution >= 4 is 46.6 Å². The zero-order valence-corrected chi connectivity index (χ0v) is 33.4. The largest absolute Gasteiger partial charge is 0.462 e. The lowest BCUT2D eigenvalue weighted by Crippen LogP contribution is -2.28. The normalized spacial score (nSPS) is 11.4. The molecule has 12 heteroatoms. The van der Waals surface area contributed by atoms with Crippen molar-refractivity contribution < 1.29 is 38.1 Å². The highest BCUT2D eigenvalue weighted by atomic mass is 16.5. The molecule has 0 atom stereocenters. The number of esters is 4. The SMILES string of the molecule is CCOC(=O)c1cc2c(C(=O)OCC)cc1=Nc1ccccc1-c1ccccc1N=c1cc(C(=O)OCC)c(cc1C(=O)OCC)=Nc1ccccc1-c1ccccc1N=2. The maximum absolute atomic E-state index is 13.7. The van der Waals surface area contributed by atoms with Crippen LogP contribution in [-0.4, -0.2) is 50.3 Å². The summed E-state index contributed by atoms with van der Waals surface area (Å²) in [6, 6.07) is 34.9. The van der Waals surface area contributed by atoms with Crippen LogP contribution in [0.25, 0.3) is 22.3 Å². The number of carbonyl (C=O) groups is 4. The van der Waals surface area contributed by atoms with Crippen molar-refractivity contribution in [2.75, 3.05) is 26.4 Å². The van der Waals surface area contributed by atoms with Crippen molar-refractivity contribution in [3.8, 4) is 22.3 Å². The second kappa shape index (κ2) is 18.3. The van der Waals surface area contributed by atoms with E-state index in [0.717, 1.165) is 0 Å². The summed E-state index contributed by atoms with van der Waals surface area (Å²) >= 11 is 0. The van der Waals surface area contributed by atoms with E-state index in [2.05, 4.69) is 0 Å². The van der Waals surface area contributed by atoms with Crippen LogP contribution in [0.4, 0.5) is 22.7 Å². The molecule has 0 unspecified atom stereocenters. The van der Waals surface area contributed by atoms with Crippen LogP contribution >= 0.6 is 0 Å². The molecule has 0 saturated carbocycles. The van der Waals surface area contributed by atoms with Gasteiger partial charge >= 0.3 is 23.9 Å². The molecule has 0 radical (unpaired) electrons. The van der Waals surface area contributed by atoms with Gasteiger partial charge < -0.3 is 18.9 Å². The molecule has 0 spiro atoms. The van der Waals surface area contributed by atoms with Gasteiger partial charge in [0.05, 0.1) is 92.9 Å². The molecule has 6 aromatic carbocycles. The van der Waals surface area contributed by atoms with Crippen molar-refractivity contribution in [1.82, 2.24) is 0 Å². The van der Waals surface area contributed by atoms with Crippen molar-refractivity contribution in [3.63, 3.8) is 0 Å². The minimum absolute atomic E-state index is 0.0730. The zero-order chi connectivity index (χ0) is 42.2. The number of hydrogen-bond donors (Lipinski definition) is 0. The van der Waals surface area contributed by atoms with E-state index < -0.39 is 23.9 Å². The predicted molar refractivity (Wildman–Crippen MR) is 224 cm³/mol. The third-order valence-electron chi connectivity index (χ3n) is 9.37. The molecule has 0 aliphatic carbocycles. The Morgan fingerprint density at radius 1 is 0.350 bits per heavy atom. The van der Waals surface area contributed by atoms with E-state index >= 15 is 0 Å². The second-order valence-corrected chi connectivity index (χ2v) is 13.2. The van der Waals surface area contributed by atoms with Gasteiger partial charge in [-0.3, -0.25) is 0 Å². The van der Waals surface area contributed by atoms with Gasteiger partial charge in [0.15, 0.2) is 0 Å². The molecule has 4 heterocycles. The molecule has 300 valence electrons. The Hall–Kier alpha value is -7.60. The number of ether oxygens (including phenoxy) is 4. The monoisotopic (exact) mass is 800 g/mol. The van der Waals surface area contributed by atoms with Gasteiger partial charge in [-0.05, 0) is 76.2 Å². The molecule has 0 N–H and O–H groups in total. The maximum Gasteiger partial charge on any atom is 0.340 e. The van der Waals surface area contributed by atoms with Crippen LogP contribution in [0, 0.1) is 0 Å².